The summed E-state index contributed by atoms with van der Waals surface area (Å²) in [7, 11) is 0. The highest BCUT2D eigenvalue weighted by Gasteiger charge is 2.08. The van der Waals surface area contributed by atoms with Gasteiger partial charge in [-0.1, -0.05) is 5.21 Å². The zero-order chi connectivity index (χ0) is 12.7. The van der Waals surface area contributed by atoms with Crippen molar-refractivity contribution in [3.05, 3.63) is 11.9 Å². The quantitative estimate of drug-likeness (QED) is 0.668. The van der Waals surface area contributed by atoms with Crippen LogP contribution in [0.25, 0.3) is 0 Å². The Morgan fingerprint density at radius 2 is 2.29 bits per heavy atom. The van der Waals surface area contributed by atoms with Gasteiger partial charge in [-0.2, -0.15) is 0 Å². The van der Waals surface area contributed by atoms with E-state index in [2.05, 4.69) is 10.3 Å². The number of aliphatic hydroxyl groups is 1. The molecule has 0 aliphatic heterocycles. The minimum atomic E-state index is -0.554. The predicted molar refractivity (Wildman–Crippen MR) is 64.5 cm³/mol. The molecule has 1 rings (SSSR count). The Kier molecular flexibility index (Phi) is 6.10. The largest absolute Gasteiger partial charge is 0.389 e. The molecule has 1 unspecified atom stereocenters. The summed E-state index contributed by atoms with van der Waals surface area (Å²) >= 11 is 0. The maximum atomic E-state index is 9.70. The smallest absolute Gasteiger partial charge is 0.0969 e. The summed E-state index contributed by atoms with van der Waals surface area (Å²) in [6.07, 6.45) is 3.14. The molecular weight excluding hydrogens is 220 g/mol. The van der Waals surface area contributed by atoms with Gasteiger partial charge in [0.05, 0.1) is 31.1 Å². The van der Waals surface area contributed by atoms with Crippen LogP contribution in [0.4, 0.5) is 0 Å². The highest BCUT2D eigenvalue weighted by molar-refractivity contribution is 4.92. The topological polar surface area (TPSA) is 86.2 Å². The highest BCUT2D eigenvalue weighted by Crippen LogP contribution is 2.00. The Bertz CT molecular complexity index is 314. The van der Waals surface area contributed by atoms with Crippen molar-refractivity contribution in [3.63, 3.8) is 0 Å². The second-order valence-electron chi connectivity index (χ2n) is 4.36. The lowest BCUT2D eigenvalue weighted by atomic mass is 10.2. The van der Waals surface area contributed by atoms with Crippen LogP contribution >= 0.6 is 0 Å². The molecule has 0 aliphatic carbocycles. The number of aromatic nitrogens is 3. The average molecular weight is 242 g/mol. The minimum Gasteiger partial charge on any atom is -0.389 e. The van der Waals surface area contributed by atoms with Gasteiger partial charge in [-0.3, -0.25) is 0 Å². The molecule has 0 spiro atoms. The fourth-order valence-electron chi connectivity index (χ4n) is 1.40. The summed E-state index contributed by atoms with van der Waals surface area (Å²) in [6.45, 7) is 5.25. The molecule has 0 fully saturated rings. The number of aryl methyl sites for hydroxylation is 1. The summed E-state index contributed by atoms with van der Waals surface area (Å²) < 4.78 is 6.96. The second kappa shape index (κ2) is 7.37. The van der Waals surface area contributed by atoms with Crippen LogP contribution in [0, 0.1) is 0 Å². The maximum Gasteiger partial charge on any atom is 0.0969 e. The number of ether oxygens (including phenoxy) is 1. The van der Waals surface area contributed by atoms with Gasteiger partial charge in [0.2, 0.25) is 0 Å². The zero-order valence-corrected chi connectivity index (χ0v) is 10.5. The number of aliphatic hydroxyl groups excluding tert-OH is 1. The van der Waals surface area contributed by atoms with Crippen LogP contribution in [0.1, 0.15) is 26.0 Å². The Balaban J connectivity index is 2.32. The van der Waals surface area contributed by atoms with Crippen LogP contribution in [-0.2, 0) is 17.7 Å². The first-order chi connectivity index (χ1) is 8.11. The van der Waals surface area contributed by atoms with Gasteiger partial charge >= 0.3 is 0 Å². The van der Waals surface area contributed by atoms with Gasteiger partial charge in [-0.05, 0) is 33.2 Å². The van der Waals surface area contributed by atoms with Crippen molar-refractivity contribution in [2.45, 2.75) is 45.4 Å². The Labute approximate surface area is 102 Å². The van der Waals surface area contributed by atoms with E-state index in [9.17, 15) is 5.11 Å². The molecule has 0 aromatic carbocycles. The fourth-order valence-corrected chi connectivity index (χ4v) is 1.40. The molecule has 1 aromatic heterocycles. The molecular formula is C11H22N4O2. The van der Waals surface area contributed by atoms with Crippen LogP contribution in [0.5, 0.6) is 0 Å². The molecule has 1 aromatic rings. The molecule has 0 saturated carbocycles. The van der Waals surface area contributed by atoms with Gasteiger partial charge in [0.15, 0.2) is 0 Å². The van der Waals surface area contributed by atoms with E-state index >= 15 is 0 Å². The van der Waals surface area contributed by atoms with Crippen LogP contribution in [0.2, 0.25) is 0 Å². The van der Waals surface area contributed by atoms with Gasteiger partial charge in [-0.25, -0.2) is 4.68 Å². The molecule has 6 nitrogen and oxygen atoms in total. The van der Waals surface area contributed by atoms with Gasteiger partial charge in [-0.15, -0.1) is 5.10 Å². The van der Waals surface area contributed by atoms with E-state index in [1.807, 2.05) is 20.0 Å². The minimum absolute atomic E-state index is 0.125. The van der Waals surface area contributed by atoms with Crippen molar-refractivity contribution >= 4 is 0 Å². The van der Waals surface area contributed by atoms with Crippen molar-refractivity contribution in [3.8, 4) is 0 Å². The lowest BCUT2D eigenvalue weighted by Crippen LogP contribution is -2.24. The van der Waals surface area contributed by atoms with Crippen molar-refractivity contribution in [1.82, 2.24) is 15.0 Å². The Morgan fingerprint density at radius 1 is 1.53 bits per heavy atom. The van der Waals surface area contributed by atoms with E-state index in [1.165, 1.54) is 0 Å². The SMILES string of the molecule is CC(C)OCC(O)Cn1cc(CCCN)nn1. The third-order valence-electron chi connectivity index (χ3n) is 2.24. The molecule has 0 saturated heterocycles. The Hall–Kier alpha value is -0.980. The van der Waals surface area contributed by atoms with Gasteiger partial charge in [0.25, 0.3) is 0 Å². The lowest BCUT2D eigenvalue weighted by molar-refractivity contribution is -0.00221. The molecule has 3 N–H and O–H groups in total. The molecule has 0 bridgehead atoms. The molecule has 1 atom stereocenters. The van der Waals surface area contributed by atoms with E-state index in [0.717, 1.165) is 18.5 Å². The van der Waals surface area contributed by atoms with E-state index in [-0.39, 0.29) is 6.10 Å². The second-order valence-corrected chi connectivity index (χ2v) is 4.36. The van der Waals surface area contributed by atoms with E-state index in [4.69, 9.17) is 10.5 Å². The predicted octanol–water partition coefficient (Wildman–Crippen LogP) is -0.0447. The van der Waals surface area contributed by atoms with E-state index in [1.54, 1.807) is 4.68 Å². The highest BCUT2D eigenvalue weighted by atomic mass is 16.5. The average Bonchev–Trinajstić information content (AvgIpc) is 2.71. The molecule has 0 radical (unpaired) electrons. The maximum absolute atomic E-state index is 9.70. The van der Waals surface area contributed by atoms with Gasteiger partial charge in [0, 0.05) is 6.20 Å². The molecule has 0 amide bonds. The first-order valence-corrected chi connectivity index (χ1v) is 6.00. The number of hydrogen-bond acceptors (Lipinski definition) is 5. The third kappa shape index (κ3) is 5.76. The number of rotatable bonds is 8. The zero-order valence-electron chi connectivity index (χ0n) is 10.5. The van der Waals surface area contributed by atoms with Crippen LogP contribution in [0.3, 0.4) is 0 Å². The summed E-state index contributed by atoms with van der Waals surface area (Å²) in [4.78, 5) is 0. The molecule has 0 aliphatic rings. The lowest BCUT2D eigenvalue weighted by Gasteiger charge is -2.12. The van der Waals surface area contributed by atoms with E-state index < -0.39 is 6.10 Å². The van der Waals surface area contributed by atoms with Crippen molar-refractivity contribution in [2.75, 3.05) is 13.2 Å². The van der Waals surface area contributed by atoms with Gasteiger partial charge in [0.1, 0.15) is 0 Å². The van der Waals surface area contributed by atoms with Crippen molar-refractivity contribution < 1.29 is 9.84 Å². The number of nitrogens with two attached hydrogens (primary N) is 1. The molecule has 17 heavy (non-hydrogen) atoms. The molecule has 1 heterocycles. The van der Waals surface area contributed by atoms with Crippen LogP contribution in [-0.4, -0.2) is 45.5 Å². The Morgan fingerprint density at radius 3 is 2.94 bits per heavy atom. The monoisotopic (exact) mass is 242 g/mol. The van der Waals surface area contributed by atoms with Crippen LogP contribution in [0.15, 0.2) is 6.20 Å². The molecule has 98 valence electrons. The standard InChI is InChI=1S/C11H22N4O2/c1-9(2)17-8-11(16)7-15-6-10(13-14-15)4-3-5-12/h6,9,11,16H,3-5,7-8,12H2,1-2H3. The summed E-state index contributed by atoms with van der Waals surface area (Å²) in [5.74, 6) is 0. The first kappa shape index (κ1) is 14.1. The first-order valence-electron chi connectivity index (χ1n) is 6.00. The van der Waals surface area contributed by atoms with E-state index in [0.29, 0.717) is 19.7 Å². The summed E-state index contributed by atoms with van der Waals surface area (Å²) in [5, 5.41) is 17.7. The van der Waals surface area contributed by atoms with Crippen molar-refractivity contribution in [1.29, 1.82) is 0 Å². The molecule has 6 heteroatoms. The van der Waals surface area contributed by atoms with Crippen LogP contribution < -0.4 is 5.73 Å². The normalized spacial score (nSPS) is 13.2. The van der Waals surface area contributed by atoms with Gasteiger partial charge < -0.3 is 15.6 Å². The summed E-state index contributed by atoms with van der Waals surface area (Å²) in [5.41, 5.74) is 6.33. The fraction of sp³-hybridized carbons (Fsp3) is 0.818. The van der Waals surface area contributed by atoms with Crippen molar-refractivity contribution in [2.24, 2.45) is 5.73 Å². The number of hydrogen-bond donors (Lipinski definition) is 2. The number of nitrogens with zero attached hydrogens (tertiary/aromatic N) is 3. The third-order valence-corrected chi connectivity index (χ3v) is 2.24. The summed E-state index contributed by atoms with van der Waals surface area (Å²) in [6, 6.07) is 0.